The van der Waals surface area contributed by atoms with Gasteiger partial charge in [0.2, 0.25) is 0 Å². The van der Waals surface area contributed by atoms with Gasteiger partial charge in [-0.25, -0.2) is 9.50 Å². The van der Waals surface area contributed by atoms with Crippen LogP contribution in [0.15, 0.2) is 48.7 Å². The summed E-state index contributed by atoms with van der Waals surface area (Å²) in [4.78, 5) is 17.9. The van der Waals surface area contributed by atoms with Gasteiger partial charge in [-0.3, -0.25) is 4.79 Å². The van der Waals surface area contributed by atoms with Crippen LogP contribution in [-0.2, 0) is 6.42 Å². The third-order valence-electron chi connectivity index (χ3n) is 6.74. The molecule has 0 amide bonds. The largest absolute Gasteiger partial charge is 0.496 e. The Bertz CT molecular complexity index is 1420. The van der Waals surface area contributed by atoms with Gasteiger partial charge in [0.25, 0.3) is 0 Å². The lowest BCUT2D eigenvalue weighted by molar-refractivity contribution is 0.0961. The van der Waals surface area contributed by atoms with Gasteiger partial charge in [0.15, 0.2) is 22.9 Å². The summed E-state index contributed by atoms with van der Waals surface area (Å²) in [6.45, 7) is 4.22. The molecule has 7 heteroatoms. The molecule has 0 N–H and O–H groups in total. The number of hydrogen-bond donors (Lipinski definition) is 0. The van der Waals surface area contributed by atoms with E-state index < -0.39 is 0 Å². The fourth-order valence-corrected chi connectivity index (χ4v) is 5.01. The normalized spacial score (nSPS) is 15.4. The number of ether oxygens (including phenoxy) is 3. The molecular formula is C28H29N3O4. The summed E-state index contributed by atoms with van der Waals surface area (Å²) in [6, 6.07) is 13.7. The minimum Gasteiger partial charge on any atom is -0.496 e. The molecule has 0 fully saturated rings. The molecule has 1 aliphatic carbocycles. The highest BCUT2D eigenvalue weighted by atomic mass is 16.5. The van der Waals surface area contributed by atoms with Crippen molar-refractivity contribution >= 4 is 11.4 Å². The standard InChI is InChI=1S/C28H29N3O4/c1-16(2)27-26(17-10-11-24(34-4)25(14-17)35-5)28-29-15-20-21(31(28)30-27)12-18(13-22(20)32)19-8-6-7-9-23(19)33-3/h6-11,14-16,18H,12-13H2,1-5H3/t18-/m0/s1. The lowest BCUT2D eigenvalue weighted by Crippen LogP contribution is -2.23. The molecule has 2 aromatic carbocycles. The van der Waals surface area contributed by atoms with E-state index in [1.54, 1.807) is 27.5 Å². The predicted octanol–water partition coefficient (Wildman–Crippen LogP) is 5.46. The second-order valence-electron chi connectivity index (χ2n) is 9.11. The zero-order chi connectivity index (χ0) is 24.7. The summed E-state index contributed by atoms with van der Waals surface area (Å²) >= 11 is 0. The fourth-order valence-electron chi connectivity index (χ4n) is 5.01. The molecule has 7 nitrogen and oxygen atoms in total. The van der Waals surface area contributed by atoms with E-state index in [1.807, 2.05) is 47.0 Å². The molecule has 1 atom stereocenters. The SMILES string of the molecule is COc1ccc(-c2c(C(C)C)nn3c4c(cnc23)C(=O)C[C@@H](c2ccccc2OC)C4)cc1OC. The Labute approximate surface area is 204 Å². The van der Waals surface area contributed by atoms with Gasteiger partial charge in [0.05, 0.1) is 43.8 Å². The summed E-state index contributed by atoms with van der Waals surface area (Å²) in [6.07, 6.45) is 2.80. The maximum atomic E-state index is 13.2. The molecule has 1 aliphatic rings. The van der Waals surface area contributed by atoms with Gasteiger partial charge >= 0.3 is 0 Å². The molecule has 0 saturated carbocycles. The highest BCUT2D eigenvalue weighted by Crippen LogP contribution is 2.40. The summed E-state index contributed by atoms with van der Waals surface area (Å²) in [7, 11) is 4.91. The first-order chi connectivity index (χ1) is 17.0. The van der Waals surface area contributed by atoms with Crippen molar-refractivity contribution in [2.75, 3.05) is 21.3 Å². The number of fused-ring (bicyclic) bond motifs is 3. The van der Waals surface area contributed by atoms with Crippen molar-refractivity contribution < 1.29 is 19.0 Å². The van der Waals surface area contributed by atoms with Crippen LogP contribution in [-0.4, -0.2) is 41.7 Å². The summed E-state index contributed by atoms with van der Waals surface area (Å²) in [5.74, 6) is 2.34. The van der Waals surface area contributed by atoms with Gasteiger partial charge in [-0.1, -0.05) is 38.1 Å². The Kier molecular flexibility index (Phi) is 5.93. The average molecular weight is 472 g/mol. The van der Waals surface area contributed by atoms with Crippen molar-refractivity contribution in [3.05, 3.63) is 71.2 Å². The molecule has 0 saturated heterocycles. The van der Waals surface area contributed by atoms with Crippen molar-refractivity contribution in [2.24, 2.45) is 0 Å². The molecule has 35 heavy (non-hydrogen) atoms. The number of benzene rings is 2. The number of aromatic nitrogens is 3. The topological polar surface area (TPSA) is 75.0 Å². The van der Waals surface area contributed by atoms with Crippen molar-refractivity contribution in [3.63, 3.8) is 0 Å². The van der Waals surface area contributed by atoms with E-state index in [4.69, 9.17) is 24.3 Å². The van der Waals surface area contributed by atoms with Crippen LogP contribution in [0.1, 0.15) is 59.4 Å². The lowest BCUT2D eigenvalue weighted by atomic mass is 9.81. The first-order valence-electron chi connectivity index (χ1n) is 11.8. The maximum absolute atomic E-state index is 13.2. The van der Waals surface area contributed by atoms with E-state index in [0.717, 1.165) is 39.5 Å². The van der Waals surface area contributed by atoms with Gasteiger partial charge in [0, 0.05) is 18.5 Å². The summed E-state index contributed by atoms with van der Waals surface area (Å²) in [5, 5.41) is 5.00. The van der Waals surface area contributed by atoms with Gasteiger partial charge in [-0.15, -0.1) is 0 Å². The van der Waals surface area contributed by atoms with E-state index in [0.29, 0.717) is 29.9 Å². The maximum Gasteiger partial charge on any atom is 0.166 e. The highest BCUT2D eigenvalue weighted by molar-refractivity contribution is 5.99. The van der Waals surface area contributed by atoms with Crippen LogP contribution >= 0.6 is 0 Å². The van der Waals surface area contributed by atoms with Crippen LogP contribution < -0.4 is 14.2 Å². The number of para-hydroxylation sites is 1. The van der Waals surface area contributed by atoms with Crippen molar-refractivity contribution in [1.82, 2.24) is 14.6 Å². The molecule has 2 heterocycles. The monoisotopic (exact) mass is 471 g/mol. The summed E-state index contributed by atoms with van der Waals surface area (Å²) < 4.78 is 18.4. The zero-order valence-corrected chi connectivity index (χ0v) is 20.7. The zero-order valence-electron chi connectivity index (χ0n) is 20.7. The number of Topliss-reactive ketones (excluding diaryl/α,β-unsaturated/α-hetero) is 1. The van der Waals surface area contributed by atoms with E-state index >= 15 is 0 Å². The third kappa shape index (κ3) is 3.81. The Morgan fingerprint density at radius 1 is 0.943 bits per heavy atom. The Morgan fingerprint density at radius 3 is 2.40 bits per heavy atom. The third-order valence-corrected chi connectivity index (χ3v) is 6.74. The summed E-state index contributed by atoms with van der Waals surface area (Å²) in [5.41, 5.74) is 6.09. The van der Waals surface area contributed by atoms with E-state index in [-0.39, 0.29) is 17.6 Å². The molecule has 0 radical (unpaired) electrons. The van der Waals surface area contributed by atoms with Crippen molar-refractivity contribution in [1.29, 1.82) is 0 Å². The lowest BCUT2D eigenvalue weighted by Gasteiger charge is -2.25. The van der Waals surface area contributed by atoms with E-state index in [9.17, 15) is 4.79 Å². The second-order valence-corrected chi connectivity index (χ2v) is 9.11. The minimum absolute atomic E-state index is 0.00739. The molecule has 0 unspecified atom stereocenters. The molecule has 5 rings (SSSR count). The van der Waals surface area contributed by atoms with Crippen LogP contribution in [0.4, 0.5) is 0 Å². The number of hydrogen-bond acceptors (Lipinski definition) is 6. The van der Waals surface area contributed by atoms with Crippen molar-refractivity contribution in [3.8, 4) is 28.4 Å². The van der Waals surface area contributed by atoms with Gasteiger partial charge in [-0.2, -0.15) is 5.10 Å². The first-order valence-corrected chi connectivity index (χ1v) is 11.8. The van der Waals surface area contributed by atoms with Crippen LogP contribution in [0.2, 0.25) is 0 Å². The molecule has 0 aliphatic heterocycles. The van der Waals surface area contributed by atoms with Gasteiger partial charge in [-0.05, 0) is 41.7 Å². The quantitative estimate of drug-likeness (QED) is 0.372. The van der Waals surface area contributed by atoms with Crippen LogP contribution in [0, 0.1) is 0 Å². The number of carbonyl (C=O) groups is 1. The Balaban J connectivity index is 1.70. The number of carbonyl (C=O) groups excluding carboxylic acids is 1. The van der Waals surface area contributed by atoms with E-state index in [2.05, 4.69) is 13.8 Å². The molecular weight excluding hydrogens is 442 g/mol. The van der Waals surface area contributed by atoms with E-state index in [1.165, 1.54) is 0 Å². The Hall–Kier alpha value is -3.87. The Morgan fingerprint density at radius 2 is 1.69 bits per heavy atom. The second kappa shape index (κ2) is 9.06. The van der Waals surface area contributed by atoms with Crippen LogP contribution in [0.5, 0.6) is 17.2 Å². The molecule has 2 aromatic heterocycles. The first kappa shape index (κ1) is 22.9. The number of methoxy groups -OCH3 is 3. The minimum atomic E-state index is 0.00739. The van der Waals surface area contributed by atoms with Crippen LogP contribution in [0.25, 0.3) is 16.8 Å². The average Bonchev–Trinajstić information content (AvgIpc) is 3.28. The number of rotatable bonds is 6. The predicted molar refractivity (Wildman–Crippen MR) is 134 cm³/mol. The fraction of sp³-hybridized carbons (Fsp3) is 0.321. The van der Waals surface area contributed by atoms with Gasteiger partial charge in [0.1, 0.15) is 5.75 Å². The number of ketones is 1. The molecule has 0 spiro atoms. The van der Waals surface area contributed by atoms with Crippen LogP contribution in [0.3, 0.4) is 0 Å². The highest BCUT2D eigenvalue weighted by Gasteiger charge is 2.32. The van der Waals surface area contributed by atoms with Crippen molar-refractivity contribution in [2.45, 2.75) is 38.5 Å². The molecule has 4 aromatic rings. The molecule has 0 bridgehead atoms. The number of nitrogens with zero attached hydrogens (tertiary/aromatic N) is 3. The van der Waals surface area contributed by atoms with Gasteiger partial charge < -0.3 is 14.2 Å². The smallest absolute Gasteiger partial charge is 0.166 e. The molecule has 180 valence electrons.